The zero-order valence-electron chi connectivity index (χ0n) is 13.1. The van der Waals surface area contributed by atoms with E-state index in [1.807, 2.05) is 18.2 Å². The van der Waals surface area contributed by atoms with Gasteiger partial charge in [-0.25, -0.2) is 4.98 Å². The Labute approximate surface area is 126 Å². The maximum Gasteiger partial charge on any atom is 0.110 e. The third-order valence-corrected chi connectivity index (χ3v) is 4.97. The second-order valence-corrected chi connectivity index (χ2v) is 7.38. The van der Waals surface area contributed by atoms with Crippen molar-refractivity contribution in [3.05, 3.63) is 29.6 Å². The molecule has 2 aromatic rings. The van der Waals surface area contributed by atoms with Crippen molar-refractivity contribution in [1.82, 2.24) is 9.97 Å². The van der Waals surface area contributed by atoms with Gasteiger partial charge in [0.2, 0.25) is 0 Å². The van der Waals surface area contributed by atoms with E-state index in [0.717, 1.165) is 22.8 Å². The Balaban J connectivity index is 1.78. The van der Waals surface area contributed by atoms with Crippen LogP contribution in [0.25, 0.3) is 11.0 Å². The number of H-pyrrole nitrogens is 1. The fraction of sp³-hybridized carbons (Fsp3) is 0.556. The van der Waals surface area contributed by atoms with E-state index in [2.05, 4.69) is 31.8 Å². The molecule has 21 heavy (non-hydrogen) atoms. The van der Waals surface area contributed by atoms with Crippen LogP contribution >= 0.6 is 0 Å². The molecule has 0 aliphatic heterocycles. The second kappa shape index (κ2) is 5.18. The summed E-state index contributed by atoms with van der Waals surface area (Å²) in [6, 6.07) is 7.85. The maximum atomic E-state index is 8.97. The Bertz CT molecular complexity index is 677. The normalized spacial score (nSPS) is 23.1. The average molecular weight is 281 g/mol. The summed E-state index contributed by atoms with van der Waals surface area (Å²) >= 11 is 0. The number of hydrogen-bond acceptors (Lipinski definition) is 2. The molecule has 0 bridgehead atoms. The minimum absolute atomic E-state index is 0.417. The van der Waals surface area contributed by atoms with Gasteiger partial charge in [-0.05, 0) is 55.2 Å². The number of nitriles is 1. The second-order valence-electron chi connectivity index (χ2n) is 7.38. The summed E-state index contributed by atoms with van der Waals surface area (Å²) in [4.78, 5) is 8.17. The van der Waals surface area contributed by atoms with Crippen LogP contribution in [0.5, 0.6) is 0 Å². The Hall–Kier alpha value is -1.82. The number of rotatable bonds is 1. The Morgan fingerprint density at radius 2 is 1.90 bits per heavy atom. The molecule has 1 aromatic heterocycles. The van der Waals surface area contributed by atoms with Crippen LogP contribution in [-0.4, -0.2) is 9.97 Å². The topological polar surface area (TPSA) is 52.5 Å². The van der Waals surface area contributed by atoms with E-state index in [1.165, 1.54) is 25.7 Å². The van der Waals surface area contributed by atoms with E-state index in [0.29, 0.717) is 16.9 Å². The largest absolute Gasteiger partial charge is 0.342 e. The molecule has 3 heteroatoms. The van der Waals surface area contributed by atoms with Crippen molar-refractivity contribution in [2.45, 2.75) is 52.4 Å². The Morgan fingerprint density at radius 3 is 2.52 bits per heavy atom. The number of aromatic amines is 1. The standard InChI is InChI=1S/C18H23N3/c1-18(2,3)14-7-5-13(6-8-14)17-20-15-9-4-12(11-19)10-16(15)21-17/h4,9-10,13-14H,5-8H2,1-3H3,(H,20,21). The summed E-state index contributed by atoms with van der Waals surface area (Å²) in [5.41, 5.74) is 3.07. The summed E-state index contributed by atoms with van der Waals surface area (Å²) in [5, 5.41) is 8.97. The molecule has 1 aliphatic carbocycles. The molecule has 0 unspecified atom stereocenters. The molecule has 0 amide bonds. The summed E-state index contributed by atoms with van der Waals surface area (Å²) < 4.78 is 0. The number of fused-ring (bicyclic) bond motifs is 1. The Kier molecular flexibility index (Phi) is 3.49. The highest BCUT2D eigenvalue weighted by Gasteiger charge is 2.31. The lowest BCUT2D eigenvalue weighted by Crippen LogP contribution is -2.25. The van der Waals surface area contributed by atoms with Gasteiger partial charge in [0, 0.05) is 5.92 Å². The molecular formula is C18H23N3. The SMILES string of the molecule is CC(C)(C)C1CCC(c2nc3ccc(C#N)cc3[nH]2)CC1. The van der Waals surface area contributed by atoms with Gasteiger partial charge in [-0.1, -0.05) is 20.8 Å². The number of nitrogens with one attached hydrogen (secondary N) is 1. The smallest absolute Gasteiger partial charge is 0.110 e. The van der Waals surface area contributed by atoms with Crippen LogP contribution in [0.1, 0.15) is 63.8 Å². The summed E-state index contributed by atoms with van der Waals surface area (Å²) in [5.74, 6) is 2.47. The van der Waals surface area contributed by atoms with Gasteiger partial charge in [-0.2, -0.15) is 5.26 Å². The molecule has 1 heterocycles. The highest BCUT2D eigenvalue weighted by Crippen LogP contribution is 2.42. The van der Waals surface area contributed by atoms with Crippen molar-refractivity contribution in [2.24, 2.45) is 11.3 Å². The number of hydrogen-bond donors (Lipinski definition) is 1. The Morgan fingerprint density at radius 1 is 1.19 bits per heavy atom. The average Bonchev–Trinajstić information content (AvgIpc) is 2.89. The molecule has 1 fully saturated rings. The first-order chi connectivity index (χ1) is 9.97. The van der Waals surface area contributed by atoms with Crippen molar-refractivity contribution >= 4 is 11.0 Å². The fourth-order valence-electron chi connectivity index (χ4n) is 3.53. The number of nitrogens with zero attached hydrogens (tertiary/aromatic N) is 2. The minimum atomic E-state index is 0.417. The van der Waals surface area contributed by atoms with Crippen molar-refractivity contribution in [2.75, 3.05) is 0 Å². The number of imidazole rings is 1. The summed E-state index contributed by atoms with van der Waals surface area (Å²) in [7, 11) is 0. The molecule has 3 nitrogen and oxygen atoms in total. The third-order valence-electron chi connectivity index (χ3n) is 4.97. The van der Waals surface area contributed by atoms with Gasteiger partial charge in [0.1, 0.15) is 5.82 Å². The predicted molar refractivity (Wildman–Crippen MR) is 85.0 cm³/mol. The molecule has 0 saturated heterocycles. The van der Waals surface area contributed by atoms with Crippen molar-refractivity contribution in [3.63, 3.8) is 0 Å². The molecule has 3 rings (SSSR count). The van der Waals surface area contributed by atoms with Crippen LogP contribution in [0.3, 0.4) is 0 Å². The summed E-state index contributed by atoms with van der Waals surface area (Å²) in [6.45, 7) is 7.05. The van der Waals surface area contributed by atoms with Crippen LogP contribution in [-0.2, 0) is 0 Å². The molecule has 0 atom stereocenters. The van der Waals surface area contributed by atoms with Crippen molar-refractivity contribution in [1.29, 1.82) is 5.26 Å². The lowest BCUT2D eigenvalue weighted by atomic mass is 9.70. The molecule has 110 valence electrons. The van der Waals surface area contributed by atoms with Crippen LogP contribution in [0.15, 0.2) is 18.2 Å². The molecule has 0 spiro atoms. The van der Waals surface area contributed by atoms with Gasteiger partial charge in [0.25, 0.3) is 0 Å². The maximum absolute atomic E-state index is 8.97. The summed E-state index contributed by atoms with van der Waals surface area (Å²) in [6.07, 6.45) is 5.00. The highest BCUT2D eigenvalue weighted by atomic mass is 14.9. The lowest BCUT2D eigenvalue weighted by molar-refractivity contribution is 0.167. The molecule has 1 saturated carbocycles. The van der Waals surface area contributed by atoms with Gasteiger partial charge in [-0.3, -0.25) is 0 Å². The van der Waals surface area contributed by atoms with Gasteiger partial charge in [0.05, 0.1) is 22.7 Å². The van der Waals surface area contributed by atoms with Crippen molar-refractivity contribution < 1.29 is 0 Å². The molecular weight excluding hydrogens is 258 g/mol. The van der Waals surface area contributed by atoms with Crippen LogP contribution in [0.4, 0.5) is 0 Å². The third kappa shape index (κ3) is 2.81. The zero-order chi connectivity index (χ0) is 15.0. The van der Waals surface area contributed by atoms with E-state index in [4.69, 9.17) is 10.2 Å². The highest BCUT2D eigenvalue weighted by molar-refractivity contribution is 5.76. The van der Waals surface area contributed by atoms with Gasteiger partial charge < -0.3 is 4.98 Å². The van der Waals surface area contributed by atoms with Crippen molar-refractivity contribution in [3.8, 4) is 6.07 Å². The van der Waals surface area contributed by atoms with Crippen LogP contribution in [0, 0.1) is 22.7 Å². The lowest BCUT2D eigenvalue weighted by Gasteiger charge is -2.36. The van der Waals surface area contributed by atoms with Gasteiger partial charge in [-0.15, -0.1) is 0 Å². The predicted octanol–water partition coefficient (Wildman–Crippen LogP) is 4.75. The molecule has 0 radical (unpaired) electrons. The van der Waals surface area contributed by atoms with E-state index >= 15 is 0 Å². The van der Waals surface area contributed by atoms with E-state index < -0.39 is 0 Å². The quantitative estimate of drug-likeness (QED) is 0.819. The molecule has 1 aliphatic rings. The first-order valence-electron chi connectivity index (χ1n) is 7.87. The van der Waals surface area contributed by atoms with Crippen LogP contribution < -0.4 is 0 Å². The van der Waals surface area contributed by atoms with Gasteiger partial charge in [0.15, 0.2) is 0 Å². The number of benzene rings is 1. The van der Waals surface area contributed by atoms with E-state index in [9.17, 15) is 0 Å². The molecule has 1 aromatic carbocycles. The first-order valence-corrected chi connectivity index (χ1v) is 7.87. The minimum Gasteiger partial charge on any atom is -0.342 e. The fourth-order valence-corrected chi connectivity index (χ4v) is 3.53. The molecule has 1 N–H and O–H groups in total. The first kappa shape index (κ1) is 14.1. The van der Waals surface area contributed by atoms with Crippen LogP contribution in [0.2, 0.25) is 0 Å². The van der Waals surface area contributed by atoms with Gasteiger partial charge >= 0.3 is 0 Å². The monoisotopic (exact) mass is 281 g/mol. The number of aromatic nitrogens is 2. The van der Waals surface area contributed by atoms with E-state index in [1.54, 1.807) is 0 Å². The van der Waals surface area contributed by atoms with E-state index in [-0.39, 0.29) is 0 Å². The zero-order valence-corrected chi connectivity index (χ0v) is 13.1.